The molecule has 0 amide bonds. The van der Waals surface area contributed by atoms with Gasteiger partial charge in [-0.25, -0.2) is 0 Å². The summed E-state index contributed by atoms with van der Waals surface area (Å²) in [5.74, 6) is -0.459. The highest BCUT2D eigenvalue weighted by atomic mass is 31.2. The van der Waals surface area contributed by atoms with Gasteiger partial charge in [-0.15, -0.1) is 0 Å². The fourth-order valence-corrected chi connectivity index (χ4v) is 6.59. The van der Waals surface area contributed by atoms with Gasteiger partial charge < -0.3 is 23.4 Å². The van der Waals surface area contributed by atoms with Crippen molar-refractivity contribution in [1.29, 1.82) is 0 Å². The van der Waals surface area contributed by atoms with Crippen molar-refractivity contribution >= 4 is 7.60 Å². The molecule has 0 aromatic rings. The third kappa shape index (κ3) is 21.3. The van der Waals surface area contributed by atoms with Crippen LogP contribution in [0.15, 0.2) is 12.2 Å². The largest absolute Gasteiger partial charge is 0.385 e. The maximum absolute atomic E-state index is 12.7. The molecule has 7 heteroatoms. The zero-order valence-electron chi connectivity index (χ0n) is 25.4. The van der Waals surface area contributed by atoms with E-state index in [-0.39, 0.29) is 12.7 Å². The molecule has 1 N–H and O–H groups in total. The van der Waals surface area contributed by atoms with E-state index in [1.54, 1.807) is 7.11 Å². The van der Waals surface area contributed by atoms with Crippen LogP contribution in [0.5, 0.6) is 0 Å². The molecule has 0 rings (SSSR count). The van der Waals surface area contributed by atoms with Crippen LogP contribution < -0.4 is 0 Å². The van der Waals surface area contributed by atoms with Crippen LogP contribution in [-0.4, -0.2) is 69.3 Å². The van der Waals surface area contributed by atoms with Crippen LogP contribution in [0.4, 0.5) is 0 Å². The lowest BCUT2D eigenvalue weighted by Gasteiger charge is -2.35. The fraction of sp³-hybridized carbons (Fsp3) is 0.933. The summed E-state index contributed by atoms with van der Waals surface area (Å²) in [6.45, 7) is 5.30. The van der Waals surface area contributed by atoms with Gasteiger partial charge in [0.05, 0.1) is 34.4 Å². The Kier molecular flexibility index (Phi) is 23.5. The van der Waals surface area contributed by atoms with E-state index in [2.05, 4.69) is 19.1 Å². The molecule has 0 radical (unpaired) electrons. The summed E-state index contributed by atoms with van der Waals surface area (Å²) < 4.78 is 29.6. The summed E-state index contributed by atoms with van der Waals surface area (Å²) in [4.78, 5) is 10.4. The summed E-state index contributed by atoms with van der Waals surface area (Å²) in [7, 11) is 3.57. The van der Waals surface area contributed by atoms with Crippen molar-refractivity contribution in [3.63, 3.8) is 0 Å². The Morgan fingerprint density at radius 1 is 0.757 bits per heavy atom. The molecule has 0 bridgehead atoms. The quantitative estimate of drug-likeness (QED) is 0.0483. The van der Waals surface area contributed by atoms with Crippen LogP contribution in [0, 0.1) is 0 Å². The molecule has 2 unspecified atom stereocenters. The Hall–Kier alpha value is -0.230. The highest BCUT2D eigenvalue weighted by molar-refractivity contribution is 7.53. The normalized spacial score (nSPS) is 15.8. The van der Waals surface area contributed by atoms with Crippen molar-refractivity contribution in [3.05, 3.63) is 12.2 Å². The van der Waals surface area contributed by atoms with E-state index in [0.717, 1.165) is 19.3 Å². The first-order valence-electron chi connectivity index (χ1n) is 15.2. The van der Waals surface area contributed by atoms with Gasteiger partial charge in [-0.2, -0.15) is 0 Å². The first kappa shape index (κ1) is 36.8. The number of ether oxygens (including phenoxy) is 2. The van der Waals surface area contributed by atoms with E-state index in [4.69, 9.17) is 14.0 Å². The average Bonchev–Trinajstić information content (AvgIpc) is 2.84. The van der Waals surface area contributed by atoms with Crippen LogP contribution >= 0.6 is 7.60 Å². The average molecular weight is 549 g/mol. The Labute approximate surface area is 230 Å². The molecule has 0 fully saturated rings. The van der Waals surface area contributed by atoms with Crippen molar-refractivity contribution in [2.45, 2.75) is 135 Å². The summed E-state index contributed by atoms with van der Waals surface area (Å²) in [6.07, 6.45) is 26.0. The zero-order valence-corrected chi connectivity index (χ0v) is 26.3. The maximum Gasteiger partial charge on any atom is 0.385 e. The molecule has 6 nitrogen and oxygen atoms in total. The van der Waals surface area contributed by atoms with Crippen molar-refractivity contribution in [2.24, 2.45) is 0 Å². The predicted octanol–water partition coefficient (Wildman–Crippen LogP) is 8.48. The standard InChI is InChI=1S/C30H62NO5P/c1-7-9-10-11-12-13-14-15-16-17-18-19-20-21-22-23-24-25-26-35-27-29(34-6)28-36-37(32,33)30(8-2)31(3,4)5/h20-21,29-30H,7-19,22-28H2,1-6H3/p+1/b21-20-/t29-,30?/m1/s1. The molecule has 37 heavy (non-hydrogen) atoms. The fourth-order valence-electron chi connectivity index (χ4n) is 4.70. The Morgan fingerprint density at radius 2 is 1.24 bits per heavy atom. The van der Waals surface area contributed by atoms with Crippen LogP contribution in [0.1, 0.15) is 123 Å². The minimum atomic E-state index is -3.74. The topological polar surface area (TPSA) is 65.0 Å². The maximum atomic E-state index is 12.7. The molecule has 0 saturated carbocycles. The van der Waals surface area contributed by atoms with Crippen LogP contribution in [0.3, 0.4) is 0 Å². The molecule has 0 aliphatic carbocycles. The Bertz CT molecular complexity index is 579. The highest BCUT2D eigenvalue weighted by Crippen LogP contribution is 2.51. The number of rotatable bonds is 27. The lowest BCUT2D eigenvalue weighted by atomic mass is 10.1. The van der Waals surface area contributed by atoms with Gasteiger partial charge in [0, 0.05) is 20.1 Å². The molecule has 0 aliphatic rings. The zero-order chi connectivity index (χ0) is 27.8. The van der Waals surface area contributed by atoms with E-state index >= 15 is 0 Å². The number of unbranched alkanes of at least 4 members (excludes halogenated alkanes) is 14. The van der Waals surface area contributed by atoms with Crippen LogP contribution in [0.2, 0.25) is 0 Å². The van der Waals surface area contributed by atoms with Crippen molar-refractivity contribution in [3.8, 4) is 0 Å². The minimum absolute atomic E-state index is 0.0602. The van der Waals surface area contributed by atoms with Crippen molar-refractivity contribution in [1.82, 2.24) is 0 Å². The van der Waals surface area contributed by atoms with Gasteiger partial charge in [-0.1, -0.05) is 96.6 Å². The second-order valence-electron chi connectivity index (χ2n) is 11.4. The first-order valence-corrected chi connectivity index (χ1v) is 16.9. The SMILES string of the molecule is CCCCCCCCCCCCC/C=C\CCCCCOC[C@H](COP(=O)(O)C(CC)[N+](C)(C)C)OC. The number of hydrogen-bond acceptors (Lipinski definition) is 4. The predicted molar refractivity (Wildman–Crippen MR) is 158 cm³/mol. The number of methoxy groups -OCH3 is 1. The van der Waals surface area contributed by atoms with Crippen molar-refractivity contribution < 1.29 is 27.9 Å². The molecule has 0 spiro atoms. The van der Waals surface area contributed by atoms with Gasteiger partial charge in [0.25, 0.3) is 0 Å². The summed E-state index contributed by atoms with van der Waals surface area (Å²) in [6, 6.07) is 0. The van der Waals surface area contributed by atoms with Crippen LogP contribution in [-0.2, 0) is 18.6 Å². The second kappa shape index (κ2) is 23.6. The van der Waals surface area contributed by atoms with Crippen molar-refractivity contribution in [2.75, 3.05) is 48.1 Å². The Balaban J connectivity index is 3.64. The lowest BCUT2D eigenvalue weighted by molar-refractivity contribution is -0.883. The van der Waals surface area contributed by atoms with Gasteiger partial charge >= 0.3 is 7.60 Å². The number of quaternary nitrogens is 1. The smallest absolute Gasteiger partial charge is 0.379 e. The summed E-state index contributed by atoms with van der Waals surface area (Å²) in [5, 5.41) is 0. The molecule has 0 heterocycles. The van der Waals surface area contributed by atoms with Gasteiger partial charge in [0.1, 0.15) is 6.10 Å². The monoisotopic (exact) mass is 548 g/mol. The third-order valence-corrected chi connectivity index (χ3v) is 9.35. The number of hydrogen-bond donors (Lipinski definition) is 1. The van der Waals surface area contributed by atoms with E-state index in [0.29, 0.717) is 24.1 Å². The molecule has 0 aromatic carbocycles. The van der Waals surface area contributed by atoms with Gasteiger partial charge in [0.15, 0.2) is 5.78 Å². The van der Waals surface area contributed by atoms with Crippen LogP contribution in [0.25, 0.3) is 0 Å². The first-order chi connectivity index (χ1) is 17.7. The van der Waals surface area contributed by atoms with E-state index in [1.807, 2.05) is 28.1 Å². The highest BCUT2D eigenvalue weighted by Gasteiger charge is 2.41. The molecule has 0 aliphatic heterocycles. The van der Waals surface area contributed by atoms with E-state index in [1.165, 1.54) is 83.5 Å². The molecular weight excluding hydrogens is 485 g/mol. The molecule has 0 saturated heterocycles. The minimum Gasteiger partial charge on any atom is -0.379 e. The molecule has 3 atom stereocenters. The van der Waals surface area contributed by atoms with Gasteiger partial charge in [-0.3, -0.25) is 4.57 Å². The Morgan fingerprint density at radius 3 is 1.70 bits per heavy atom. The van der Waals surface area contributed by atoms with E-state index in [9.17, 15) is 9.46 Å². The van der Waals surface area contributed by atoms with Gasteiger partial charge in [0.2, 0.25) is 0 Å². The number of nitrogens with zero attached hydrogens (tertiary/aromatic N) is 1. The third-order valence-electron chi connectivity index (χ3n) is 7.02. The molecular formula is C30H63NO5P+. The number of allylic oxidation sites excluding steroid dienone is 2. The summed E-state index contributed by atoms with van der Waals surface area (Å²) >= 11 is 0. The molecule has 222 valence electrons. The second-order valence-corrected chi connectivity index (χ2v) is 13.4. The van der Waals surface area contributed by atoms with Gasteiger partial charge in [-0.05, 0) is 32.1 Å². The summed E-state index contributed by atoms with van der Waals surface area (Å²) in [5.41, 5.74) is 0. The van der Waals surface area contributed by atoms with E-state index < -0.39 is 13.4 Å². The molecule has 0 aromatic heterocycles. The lowest BCUT2D eigenvalue weighted by Crippen LogP contribution is -2.45.